The number of carbonyl (C=O) groups excluding carboxylic acids is 1. The molecule has 0 aromatic heterocycles. The van der Waals surface area contributed by atoms with Crippen LogP contribution in [0, 0.1) is 5.92 Å². The maximum Gasteiger partial charge on any atom is 0.224 e. The zero-order valence-corrected chi connectivity index (χ0v) is 10.8. The third kappa shape index (κ3) is 3.74. The molecule has 1 saturated carbocycles. The van der Waals surface area contributed by atoms with Crippen LogP contribution in [0.4, 0.5) is 0 Å². The van der Waals surface area contributed by atoms with Gasteiger partial charge in [0.05, 0.1) is 6.42 Å². The SMILES string of the molecule is CC1CCC(NC(=O)Cc2ccc(Cl)cc2)C1. The Balaban J connectivity index is 1.83. The molecule has 0 aliphatic heterocycles. The van der Waals surface area contributed by atoms with Crippen molar-refractivity contribution in [3.63, 3.8) is 0 Å². The molecule has 1 N–H and O–H groups in total. The third-order valence-corrected chi connectivity index (χ3v) is 3.59. The summed E-state index contributed by atoms with van der Waals surface area (Å²) >= 11 is 5.80. The van der Waals surface area contributed by atoms with E-state index in [4.69, 9.17) is 11.6 Å². The zero-order chi connectivity index (χ0) is 12.3. The molecular formula is C14H18ClNO. The van der Waals surface area contributed by atoms with Gasteiger partial charge in [-0.25, -0.2) is 0 Å². The normalized spacial score (nSPS) is 23.6. The van der Waals surface area contributed by atoms with Gasteiger partial charge < -0.3 is 5.32 Å². The molecular weight excluding hydrogens is 234 g/mol. The van der Waals surface area contributed by atoms with Gasteiger partial charge in [0, 0.05) is 11.1 Å². The molecule has 92 valence electrons. The molecule has 0 spiro atoms. The first kappa shape index (κ1) is 12.4. The fraction of sp³-hybridized carbons (Fsp3) is 0.500. The molecule has 1 aromatic rings. The molecule has 1 fully saturated rings. The monoisotopic (exact) mass is 251 g/mol. The van der Waals surface area contributed by atoms with Gasteiger partial charge in [-0.15, -0.1) is 0 Å². The smallest absolute Gasteiger partial charge is 0.224 e. The second-order valence-corrected chi connectivity index (χ2v) is 5.42. The Hall–Kier alpha value is -1.02. The van der Waals surface area contributed by atoms with E-state index < -0.39 is 0 Å². The molecule has 0 saturated heterocycles. The summed E-state index contributed by atoms with van der Waals surface area (Å²) in [6.07, 6.45) is 3.91. The van der Waals surface area contributed by atoms with Crippen molar-refractivity contribution >= 4 is 17.5 Å². The second-order valence-electron chi connectivity index (χ2n) is 4.99. The van der Waals surface area contributed by atoms with Crippen molar-refractivity contribution in [1.82, 2.24) is 5.32 Å². The van der Waals surface area contributed by atoms with Crippen molar-refractivity contribution in [3.05, 3.63) is 34.9 Å². The Kier molecular flexibility index (Phi) is 4.06. The molecule has 1 aliphatic carbocycles. The fourth-order valence-electron chi connectivity index (χ4n) is 2.40. The Labute approximate surface area is 107 Å². The van der Waals surface area contributed by atoms with E-state index in [-0.39, 0.29) is 5.91 Å². The number of rotatable bonds is 3. The molecule has 1 aliphatic rings. The van der Waals surface area contributed by atoms with E-state index in [1.807, 2.05) is 24.3 Å². The minimum Gasteiger partial charge on any atom is -0.353 e. The summed E-state index contributed by atoms with van der Waals surface area (Å²) in [6, 6.07) is 7.83. The van der Waals surface area contributed by atoms with Crippen LogP contribution in [0.3, 0.4) is 0 Å². The summed E-state index contributed by atoms with van der Waals surface area (Å²) in [5.41, 5.74) is 1.01. The highest BCUT2D eigenvalue weighted by Gasteiger charge is 2.22. The van der Waals surface area contributed by atoms with Crippen LogP contribution in [-0.2, 0) is 11.2 Å². The lowest BCUT2D eigenvalue weighted by atomic mass is 10.1. The van der Waals surface area contributed by atoms with Crippen molar-refractivity contribution in [2.24, 2.45) is 5.92 Å². The first-order chi connectivity index (χ1) is 8.13. The average Bonchev–Trinajstić information content (AvgIpc) is 2.67. The Morgan fingerprint density at radius 2 is 2.06 bits per heavy atom. The van der Waals surface area contributed by atoms with E-state index in [1.54, 1.807) is 0 Å². The number of nitrogens with one attached hydrogen (secondary N) is 1. The van der Waals surface area contributed by atoms with E-state index in [1.165, 1.54) is 6.42 Å². The largest absolute Gasteiger partial charge is 0.353 e. The highest BCUT2D eigenvalue weighted by atomic mass is 35.5. The number of halogens is 1. The molecule has 2 atom stereocenters. The topological polar surface area (TPSA) is 29.1 Å². The minimum atomic E-state index is 0.117. The summed E-state index contributed by atoms with van der Waals surface area (Å²) in [5, 5.41) is 3.81. The average molecular weight is 252 g/mol. The predicted octanol–water partition coefficient (Wildman–Crippen LogP) is 3.19. The van der Waals surface area contributed by atoms with E-state index in [9.17, 15) is 4.79 Å². The summed E-state index contributed by atoms with van der Waals surface area (Å²) < 4.78 is 0. The van der Waals surface area contributed by atoms with Gasteiger partial charge in [0.25, 0.3) is 0 Å². The van der Waals surface area contributed by atoms with Crippen molar-refractivity contribution in [3.8, 4) is 0 Å². The van der Waals surface area contributed by atoms with E-state index in [2.05, 4.69) is 12.2 Å². The minimum absolute atomic E-state index is 0.117. The summed E-state index contributed by atoms with van der Waals surface area (Å²) in [6.45, 7) is 2.24. The second kappa shape index (κ2) is 5.54. The van der Waals surface area contributed by atoms with Crippen molar-refractivity contribution in [2.45, 2.75) is 38.6 Å². The van der Waals surface area contributed by atoms with Crippen LogP contribution in [0.15, 0.2) is 24.3 Å². The Morgan fingerprint density at radius 1 is 1.35 bits per heavy atom. The first-order valence-electron chi connectivity index (χ1n) is 6.17. The van der Waals surface area contributed by atoms with Crippen LogP contribution < -0.4 is 5.32 Å². The molecule has 1 aromatic carbocycles. The van der Waals surface area contributed by atoms with Gasteiger partial charge in [-0.3, -0.25) is 4.79 Å². The highest BCUT2D eigenvalue weighted by molar-refractivity contribution is 6.30. The van der Waals surface area contributed by atoms with Gasteiger partial charge in [-0.2, -0.15) is 0 Å². The Bertz CT molecular complexity index is 388. The van der Waals surface area contributed by atoms with Gasteiger partial charge in [-0.05, 0) is 42.9 Å². The van der Waals surface area contributed by atoms with Crippen LogP contribution in [0.2, 0.25) is 5.02 Å². The summed E-state index contributed by atoms with van der Waals surface area (Å²) in [7, 11) is 0. The summed E-state index contributed by atoms with van der Waals surface area (Å²) in [5.74, 6) is 0.863. The van der Waals surface area contributed by atoms with Gasteiger partial charge >= 0.3 is 0 Å². The van der Waals surface area contributed by atoms with Crippen molar-refractivity contribution in [2.75, 3.05) is 0 Å². The molecule has 2 unspecified atom stereocenters. The standard InChI is InChI=1S/C14H18ClNO/c1-10-2-7-13(8-10)16-14(17)9-11-3-5-12(15)6-4-11/h3-6,10,13H,2,7-9H2,1H3,(H,16,17). The highest BCUT2D eigenvalue weighted by Crippen LogP contribution is 2.24. The zero-order valence-electron chi connectivity index (χ0n) is 10.1. The number of hydrogen-bond donors (Lipinski definition) is 1. The van der Waals surface area contributed by atoms with Crippen LogP contribution in [0.5, 0.6) is 0 Å². The third-order valence-electron chi connectivity index (χ3n) is 3.34. The predicted molar refractivity (Wildman–Crippen MR) is 70.1 cm³/mol. The van der Waals surface area contributed by atoms with E-state index >= 15 is 0 Å². The molecule has 2 rings (SSSR count). The van der Waals surface area contributed by atoms with Crippen LogP contribution in [0.1, 0.15) is 31.7 Å². The number of carbonyl (C=O) groups is 1. The van der Waals surface area contributed by atoms with E-state index in [0.29, 0.717) is 17.5 Å². The molecule has 0 heterocycles. The molecule has 0 radical (unpaired) electrons. The Morgan fingerprint density at radius 3 is 2.65 bits per heavy atom. The fourth-order valence-corrected chi connectivity index (χ4v) is 2.53. The number of benzene rings is 1. The molecule has 17 heavy (non-hydrogen) atoms. The number of hydrogen-bond acceptors (Lipinski definition) is 1. The lowest BCUT2D eigenvalue weighted by molar-refractivity contribution is -0.121. The van der Waals surface area contributed by atoms with Gasteiger partial charge in [0.15, 0.2) is 0 Å². The van der Waals surface area contributed by atoms with Crippen molar-refractivity contribution in [1.29, 1.82) is 0 Å². The molecule has 1 amide bonds. The molecule has 2 nitrogen and oxygen atoms in total. The first-order valence-corrected chi connectivity index (χ1v) is 6.55. The van der Waals surface area contributed by atoms with Gasteiger partial charge in [0.1, 0.15) is 0 Å². The van der Waals surface area contributed by atoms with Crippen LogP contribution in [0.25, 0.3) is 0 Å². The molecule has 3 heteroatoms. The number of amides is 1. The van der Waals surface area contributed by atoms with Gasteiger partial charge in [0.2, 0.25) is 5.91 Å². The van der Waals surface area contributed by atoms with E-state index in [0.717, 1.165) is 24.3 Å². The van der Waals surface area contributed by atoms with Crippen LogP contribution >= 0.6 is 11.6 Å². The van der Waals surface area contributed by atoms with Gasteiger partial charge in [-0.1, -0.05) is 30.7 Å². The quantitative estimate of drug-likeness (QED) is 0.878. The summed E-state index contributed by atoms with van der Waals surface area (Å²) in [4.78, 5) is 11.8. The lowest BCUT2D eigenvalue weighted by Crippen LogP contribution is -2.34. The maximum atomic E-state index is 11.8. The maximum absolute atomic E-state index is 11.8. The van der Waals surface area contributed by atoms with Crippen LogP contribution in [-0.4, -0.2) is 11.9 Å². The van der Waals surface area contributed by atoms with Crippen molar-refractivity contribution < 1.29 is 4.79 Å². The lowest BCUT2D eigenvalue weighted by Gasteiger charge is -2.12. The molecule has 0 bridgehead atoms.